The molecule has 1 aromatic heterocycles. The van der Waals surface area contributed by atoms with E-state index >= 15 is 0 Å². The SMILES string of the molecule is Cc1nc(COc2cccc(/C=C/C(=O)N3CCN(CC(C)C)CC3)c2)cs1. The first-order valence-corrected chi connectivity index (χ1v) is 10.7. The first kappa shape index (κ1) is 20.6. The second-order valence-electron chi connectivity index (χ2n) is 7.57. The molecular weight excluding hydrogens is 370 g/mol. The van der Waals surface area contributed by atoms with Crippen LogP contribution < -0.4 is 4.74 Å². The van der Waals surface area contributed by atoms with E-state index in [2.05, 4.69) is 23.7 Å². The number of aromatic nitrogens is 1. The van der Waals surface area contributed by atoms with Gasteiger partial charge in [0.05, 0.1) is 10.7 Å². The normalized spacial score (nSPS) is 15.5. The Labute approximate surface area is 171 Å². The maximum Gasteiger partial charge on any atom is 0.246 e. The molecule has 2 heterocycles. The predicted molar refractivity (Wildman–Crippen MR) is 115 cm³/mol. The lowest BCUT2D eigenvalue weighted by molar-refractivity contribution is -0.127. The lowest BCUT2D eigenvalue weighted by atomic mass is 10.2. The molecule has 6 heteroatoms. The Kier molecular flexibility index (Phi) is 7.23. The third kappa shape index (κ3) is 6.17. The fourth-order valence-electron chi connectivity index (χ4n) is 3.28. The average molecular weight is 400 g/mol. The van der Waals surface area contributed by atoms with Crippen molar-refractivity contribution in [1.82, 2.24) is 14.8 Å². The Bertz CT molecular complexity index is 808. The molecule has 1 fully saturated rings. The molecule has 0 bridgehead atoms. The summed E-state index contributed by atoms with van der Waals surface area (Å²) in [5.41, 5.74) is 1.90. The van der Waals surface area contributed by atoms with E-state index in [4.69, 9.17) is 4.74 Å². The number of amides is 1. The fraction of sp³-hybridized carbons (Fsp3) is 0.455. The van der Waals surface area contributed by atoms with Gasteiger partial charge >= 0.3 is 0 Å². The number of aryl methyl sites for hydroxylation is 1. The molecule has 0 N–H and O–H groups in total. The van der Waals surface area contributed by atoms with Crippen molar-refractivity contribution in [1.29, 1.82) is 0 Å². The molecule has 0 unspecified atom stereocenters. The third-order valence-electron chi connectivity index (χ3n) is 4.64. The van der Waals surface area contributed by atoms with Crippen LogP contribution in [0.5, 0.6) is 5.75 Å². The first-order chi connectivity index (χ1) is 13.5. The summed E-state index contributed by atoms with van der Waals surface area (Å²) in [7, 11) is 0. The largest absolute Gasteiger partial charge is 0.487 e. The van der Waals surface area contributed by atoms with E-state index < -0.39 is 0 Å². The van der Waals surface area contributed by atoms with Gasteiger partial charge in [-0.2, -0.15) is 0 Å². The van der Waals surface area contributed by atoms with Crippen LogP contribution in [0, 0.1) is 12.8 Å². The molecule has 0 atom stereocenters. The molecule has 5 nitrogen and oxygen atoms in total. The molecule has 1 aliphatic heterocycles. The smallest absolute Gasteiger partial charge is 0.246 e. The lowest BCUT2D eigenvalue weighted by Gasteiger charge is -2.35. The van der Waals surface area contributed by atoms with Crippen LogP contribution in [0.1, 0.15) is 30.1 Å². The minimum Gasteiger partial charge on any atom is -0.487 e. The standard InChI is InChI=1S/C22H29N3O2S/c1-17(2)14-24-9-11-25(12-10-24)22(26)8-7-19-5-4-6-21(13-19)27-15-20-16-28-18(3)23-20/h4-8,13,16-17H,9-12,14-15H2,1-3H3/b8-7+. The van der Waals surface area contributed by atoms with Crippen LogP contribution in [-0.2, 0) is 11.4 Å². The molecule has 1 aliphatic rings. The number of piperazine rings is 1. The summed E-state index contributed by atoms with van der Waals surface area (Å²) >= 11 is 1.62. The van der Waals surface area contributed by atoms with Crippen molar-refractivity contribution in [3.8, 4) is 5.75 Å². The molecule has 1 saturated heterocycles. The summed E-state index contributed by atoms with van der Waals surface area (Å²) in [5.74, 6) is 1.52. The minimum absolute atomic E-state index is 0.0773. The van der Waals surface area contributed by atoms with E-state index in [9.17, 15) is 4.79 Å². The zero-order valence-electron chi connectivity index (χ0n) is 16.9. The number of carbonyl (C=O) groups excluding carboxylic acids is 1. The van der Waals surface area contributed by atoms with Gasteiger partial charge in [-0.1, -0.05) is 26.0 Å². The highest BCUT2D eigenvalue weighted by Crippen LogP contribution is 2.17. The van der Waals surface area contributed by atoms with E-state index in [0.29, 0.717) is 12.5 Å². The van der Waals surface area contributed by atoms with Gasteiger partial charge in [-0.3, -0.25) is 9.69 Å². The van der Waals surface area contributed by atoms with E-state index in [1.165, 1.54) is 0 Å². The molecule has 0 spiro atoms. The van der Waals surface area contributed by atoms with Gasteiger partial charge in [0, 0.05) is 44.2 Å². The van der Waals surface area contributed by atoms with Crippen molar-refractivity contribution in [3.63, 3.8) is 0 Å². The van der Waals surface area contributed by atoms with Crippen molar-refractivity contribution in [2.24, 2.45) is 5.92 Å². The van der Waals surface area contributed by atoms with E-state index in [-0.39, 0.29) is 5.91 Å². The van der Waals surface area contributed by atoms with Gasteiger partial charge in [-0.05, 0) is 36.6 Å². The highest BCUT2D eigenvalue weighted by atomic mass is 32.1. The number of hydrogen-bond donors (Lipinski definition) is 0. The van der Waals surface area contributed by atoms with Crippen LogP contribution in [0.25, 0.3) is 6.08 Å². The van der Waals surface area contributed by atoms with E-state index in [1.807, 2.05) is 47.5 Å². The number of rotatable bonds is 7. The highest BCUT2D eigenvalue weighted by molar-refractivity contribution is 7.09. The number of nitrogens with zero attached hydrogens (tertiary/aromatic N) is 3. The first-order valence-electron chi connectivity index (χ1n) is 9.83. The van der Waals surface area contributed by atoms with Crippen LogP contribution in [0.2, 0.25) is 0 Å². The molecule has 2 aromatic rings. The fourth-order valence-corrected chi connectivity index (χ4v) is 3.88. The number of benzene rings is 1. The average Bonchev–Trinajstić information content (AvgIpc) is 3.10. The summed E-state index contributed by atoms with van der Waals surface area (Å²) in [6.45, 7) is 11.5. The van der Waals surface area contributed by atoms with Gasteiger partial charge in [-0.25, -0.2) is 4.98 Å². The van der Waals surface area contributed by atoms with Crippen molar-refractivity contribution < 1.29 is 9.53 Å². The van der Waals surface area contributed by atoms with Crippen LogP contribution in [-0.4, -0.2) is 53.4 Å². The second-order valence-corrected chi connectivity index (χ2v) is 8.63. The maximum atomic E-state index is 12.5. The van der Waals surface area contributed by atoms with E-state index in [0.717, 1.165) is 54.7 Å². The van der Waals surface area contributed by atoms with Crippen molar-refractivity contribution in [2.45, 2.75) is 27.4 Å². The van der Waals surface area contributed by atoms with Gasteiger partial charge in [0.2, 0.25) is 5.91 Å². The molecule has 1 aromatic carbocycles. The second kappa shape index (κ2) is 9.85. The molecule has 1 amide bonds. The van der Waals surface area contributed by atoms with Crippen LogP contribution >= 0.6 is 11.3 Å². The van der Waals surface area contributed by atoms with Crippen molar-refractivity contribution in [2.75, 3.05) is 32.7 Å². The Morgan fingerprint density at radius 2 is 2.07 bits per heavy atom. The Hall–Kier alpha value is -2.18. The topological polar surface area (TPSA) is 45.7 Å². The number of hydrogen-bond acceptors (Lipinski definition) is 5. The van der Waals surface area contributed by atoms with Gasteiger partial charge in [0.15, 0.2) is 0 Å². The van der Waals surface area contributed by atoms with Crippen LogP contribution in [0.15, 0.2) is 35.7 Å². The zero-order valence-corrected chi connectivity index (χ0v) is 17.7. The number of carbonyl (C=O) groups is 1. The van der Waals surface area contributed by atoms with Gasteiger partial charge in [0.1, 0.15) is 12.4 Å². The highest BCUT2D eigenvalue weighted by Gasteiger charge is 2.19. The quantitative estimate of drug-likeness (QED) is 0.664. The molecule has 28 heavy (non-hydrogen) atoms. The van der Waals surface area contributed by atoms with Crippen LogP contribution in [0.3, 0.4) is 0 Å². The van der Waals surface area contributed by atoms with Crippen LogP contribution in [0.4, 0.5) is 0 Å². The number of ether oxygens (including phenoxy) is 1. The molecule has 0 aliphatic carbocycles. The predicted octanol–water partition coefficient (Wildman–Crippen LogP) is 3.84. The summed E-state index contributed by atoms with van der Waals surface area (Å²) in [6, 6.07) is 7.79. The van der Waals surface area contributed by atoms with Gasteiger partial charge in [-0.15, -0.1) is 11.3 Å². The summed E-state index contributed by atoms with van der Waals surface area (Å²) in [4.78, 5) is 21.2. The molecule has 0 radical (unpaired) electrons. The Morgan fingerprint density at radius 1 is 1.29 bits per heavy atom. The lowest BCUT2D eigenvalue weighted by Crippen LogP contribution is -2.49. The van der Waals surface area contributed by atoms with E-state index in [1.54, 1.807) is 17.4 Å². The maximum absolute atomic E-state index is 12.5. The molecule has 0 saturated carbocycles. The van der Waals surface area contributed by atoms with Crippen molar-refractivity contribution >= 4 is 23.3 Å². The molecular formula is C22H29N3O2S. The summed E-state index contributed by atoms with van der Waals surface area (Å²) < 4.78 is 5.82. The monoisotopic (exact) mass is 399 g/mol. The Morgan fingerprint density at radius 3 is 2.75 bits per heavy atom. The van der Waals surface area contributed by atoms with Crippen molar-refractivity contribution in [3.05, 3.63) is 52.0 Å². The molecule has 150 valence electrons. The van der Waals surface area contributed by atoms with Gasteiger partial charge < -0.3 is 9.64 Å². The zero-order chi connectivity index (χ0) is 19.9. The Balaban J connectivity index is 1.50. The third-order valence-corrected chi connectivity index (χ3v) is 5.46. The van der Waals surface area contributed by atoms with Gasteiger partial charge in [0.25, 0.3) is 0 Å². The minimum atomic E-state index is 0.0773. The summed E-state index contributed by atoms with van der Waals surface area (Å²) in [5, 5.41) is 3.05. The summed E-state index contributed by atoms with van der Waals surface area (Å²) in [6.07, 6.45) is 3.53. The molecule has 3 rings (SSSR count). The number of thiazole rings is 1.